The molecule has 0 saturated heterocycles. The molecule has 0 amide bonds. The van der Waals surface area contributed by atoms with Crippen LogP contribution in [0.3, 0.4) is 0 Å². The third kappa shape index (κ3) is 2.98. The van der Waals surface area contributed by atoms with Crippen LogP contribution in [0.5, 0.6) is 0 Å². The summed E-state index contributed by atoms with van der Waals surface area (Å²) in [4.78, 5) is 29.6. The van der Waals surface area contributed by atoms with Gasteiger partial charge in [-0.05, 0) is 19.1 Å². The number of aromatic amines is 1. The lowest BCUT2D eigenvalue weighted by Crippen LogP contribution is -2.12. The maximum Gasteiger partial charge on any atom is 0.339 e. The number of methoxy groups -OCH3 is 1. The summed E-state index contributed by atoms with van der Waals surface area (Å²) in [6.07, 6.45) is 0. The minimum absolute atomic E-state index is 0.259. The van der Waals surface area contributed by atoms with E-state index in [1.807, 2.05) is 0 Å². The first-order valence-corrected chi connectivity index (χ1v) is 5.62. The Bertz CT molecular complexity index is 664. The van der Waals surface area contributed by atoms with Crippen LogP contribution in [0, 0.1) is 6.92 Å². The van der Waals surface area contributed by atoms with Crippen molar-refractivity contribution in [2.24, 2.45) is 0 Å². The maximum absolute atomic E-state index is 11.6. The van der Waals surface area contributed by atoms with Gasteiger partial charge in [-0.25, -0.2) is 9.78 Å². The molecule has 0 bridgehead atoms. The molecule has 0 aliphatic heterocycles. The molecule has 1 heterocycles. The number of anilines is 2. The van der Waals surface area contributed by atoms with Crippen LogP contribution in [0.2, 0.25) is 0 Å². The number of para-hydroxylation sites is 1. The van der Waals surface area contributed by atoms with Crippen LogP contribution in [-0.2, 0) is 4.74 Å². The van der Waals surface area contributed by atoms with E-state index in [4.69, 9.17) is 4.74 Å². The van der Waals surface area contributed by atoms with Crippen LogP contribution >= 0.6 is 0 Å². The zero-order chi connectivity index (χ0) is 13.8. The third-order valence-electron chi connectivity index (χ3n) is 2.46. The molecule has 0 fully saturated rings. The second-order valence-electron chi connectivity index (χ2n) is 3.90. The van der Waals surface area contributed by atoms with Crippen LogP contribution in [0.1, 0.15) is 16.1 Å². The zero-order valence-corrected chi connectivity index (χ0v) is 10.6. The number of hydrogen-bond acceptors (Lipinski definition) is 5. The van der Waals surface area contributed by atoms with E-state index in [2.05, 4.69) is 15.3 Å². The molecule has 2 rings (SSSR count). The SMILES string of the molecule is COC(=O)c1ccccc1Nc1nc(C)cc(=O)[nH]1. The van der Waals surface area contributed by atoms with Crippen molar-refractivity contribution >= 4 is 17.6 Å². The van der Waals surface area contributed by atoms with Gasteiger partial charge in [0.2, 0.25) is 5.95 Å². The summed E-state index contributed by atoms with van der Waals surface area (Å²) >= 11 is 0. The lowest BCUT2D eigenvalue weighted by molar-refractivity contribution is 0.0602. The number of H-pyrrole nitrogens is 1. The highest BCUT2D eigenvalue weighted by molar-refractivity contribution is 5.96. The molecule has 0 saturated carbocycles. The molecule has 2 aromatic rings. The number of aryl methyl sites for hydroxylation is 1. The lowest BCUT2D eigenvalue weighted by atomic mass is 10.2. The Labute approximate surface area is 109 Å². The fourth-order valence-corrected chi connectivity index (χ4v) is 1.65. The first-order chi connectivity index (χ1) is 9.10. The fourth-order valence-electron chi connectivity index (χ4n) is 1.65. The summed E-state index contributed by atoms with van der Waals surface area (Å²) in [6, 6.07) is 8.21. The number of carbonyl (C=O) groups is 1. The molecule has 6 nitrogen and oxygen atoms in total. The summed E-state index contributed by atoms with van der Waals surface area (Å²) in [5, 5.41) is 2.90. The zero-order valence-electron chi connectivity index (χ0n) is 10.6. The summed E-state index contributed by atoms with van der Waals surface area (Å²) in [5.41, 5.74) is 1.21. The van der Waals surface area contributed by atoms with Gasteiger partial charge in [0.05, 0.1) is 18.4 Å². The summed E-state index contributed by atoms with van der Waals surface area (Å²) in [5.74, 6) is -0.181. The van der Waals surface area contributed by atoms with Crippen LogP contribution in [0.4, 0.5) is 11.6 Å². The maximum atomic E-state index is 11.6. The molecule has 1 aromatic heterocycles. The highest BCUT2D eigenvalue weighted by atomic mass is 16.5. The molecular weight excluding hydrogens is 246 g/mol. The van der Waals surface area contributed by atoms with Crippen LogP contribution < -0.4 is 10.9 Å². The van der Waals surface area contributed by atoms with Crippen molar-refractivity contribution in [3.05, 3.63) is 51.9 Å². The number of benzene rings is 1. The minimum atomic E-state index is -0.460. The van der Waals surface area contributed by atoms with Gasteiger partial charge >= 0.3 is 5.97 Å². The number of hydrogen-bond donors (Lipinski definition) is 2. The number of ether oxygens (including phenoxy) is 1. The Kier molecular flexibility index (Phi) is 3.61. The number of nitrogens with one attached hydrogen (secondary N) is 2. The number of rotatable bonds is 3. The number of carbonyl (C=O) groups excluding carboxylic acids is 1. The molecule has 19 heavy (non-hydrogen) atoms. The lowest BCUT2D eigenvalue weighted by Gasteiger charge is -2.09. The Morgan fingerprint density at radius 3 is 2.79 bits per heavy atom. The summed E-state index contributed by atoms with van der Waals surface area (Å²) in [7, 11) is 1.31. The second-order valence-corrected chi connectivity index (χ2v) is 3.90. The Hall–Kier alpha value is -2.63. The molecule has 98 valence electrons. The van der Waals surface area contributed by atoms with Crippen molar-refractivity contribution in [3.63, 3.8) is 0 Å². The van der Waals surface area contributed by atoms with Gasteiger partial charge < -0.3 is 10.1 Å². The molecule has 0 atom stereocenters. The minimum Gasteiger partial charge on any atom is -0.465 e. The first-order valence-electron chi connectivity index (χ1n) is 5.62. The average molecular weight is 259 g/mol. The van der Waals surface area contributed by atoms with Gasteiger partial charge in [0.25, 0.3) is 5.56 Å². The van der Waals surface area contributed by atoms with Gasteiger partial charge in [-0.3, -0.25) is 9.78 Å². The Morgan fingerprint density at radius 2 is 2.11 bits per heavy atom. The van der Waals surface area contributed by atoms with Crippen molar-refractivity contribution in [1.82, 2.24) is 9.97 Å². The van der Waals surface area contributed by atoms with Crippen LogP contribution in [0.15, 0.2) is 35.1 Å². The molecule has 6 heteroatoms. The highest BCUT2D eigenvalue weighted by Gasteiger charge is 2.11. The molecule has 0 unspecified atom stereocenters. The van der Waals surface area contributed by atoms with E-state index in [-0.39, 0.29) is 11.5 Å². The van der Waals surface area contributed by atoms with Crippen molar-refractivity contribution in [3.8, 4) is 0 Å². The third-order valence-corrected chi connectivity index (χ3v) is 2.46. The van der Waals surface area contributed by atoms with Gasteiger partial charge in [-0.2, -0.15) is 0 Å². The topological polar surface area (TPSA) is 84.1 Å². The Balaban J connectivity index is 2.38. The van der Waals surface area contributed by atoms with Crippen LogP contribution in [0.25, 0.3) is 0 Å². The number of esters is 1. The fraction of sp³-hybridized carbons (Fsp3) is 0.154. The van der Waals surface area contributed by atoms with Gasteiger partial charge in [0.15, 0.2) is 0 Å². The van der Waals surface area contributed by atoms with Gasteiger partial charge in [-0.1, -0.05) is 12.1 Å². The van der Waals surface area contributed by atoms with Gasteiger partial charge in [0.1, 0.15) is 0 Å². The van der Waals surface area contributed by atoms with Gasteiger partial charge in [-0.15, -0.1) is 0 Å². The second kappa shape index (κ2) is 5.34. The van der Waals surface area contributed by atoms with Crippen molar-refractivity contribution in [2.75, 3.05) is 12.4 Å². The quantitative estimate of drug-likeness (QED) is 0.818. The molecule has 0 aliphatic carbocycles. The number of nitrogens with zero attached hydrogens (tertiary/aromatic N) is 1. The van der Waals surface area contributed by atoms with E-state index >= 15 is 0 Å². The molecule has 2 N–H and O–H groups in total. The largest absolute Gasteiger partial charge is 0.465 e. The van der Waals surface area contributed by atoms with Crippen molar-refractivity contribution in [2.45, 2.75) is 6.92 Å². The van der Waals surface area contributed by atoms with Crippen molar-refractivity contribution in [1.29, 1.82) is 0 Å². The Morgan fingerprint density at radius 1 is 1.37 bits per heavy atom. The molecule has 0 aliphatic rings. The van der Waals surface area contributed by atoms with E-state index in [9.17, 15) is 9.59 Å². The van der Waals surface area contributed by atoms with E-state index in [0.717, 1.165) is 0 Å². The molecule has 0 spiro atoms. The van der Waals surface area contributed by atoms with Crippen LogP contribution in [-0.4, -0.2) is 23.0 Å². The van der Waals surface area contributed by atoms with Crippen molar-refractivity contribution < 1.29 is 9.53 Å². The van der Waals surface area contributed by atoms with E-state index in [0.29, 0.717) is 16.9 Å². The number of aromatic nitrogens is 2. The summed E-state index contributed by atoms with van der Waals surface area (Å²) in [6.45, 7) is 1.71. The predicted molar refractivity (Wildman–Crippen MR) is 70.7 cm³/mol. The highest BCUT2D eigenvalue weighted by Crippen LogP contribution is 2.18. The normalized spacial score (nSPS) is 10.0. The monoisotopic (exact) mass is 259 g/mol. The van der Waals surface area contributed by atoms with E-state index in [1.165, 1.54) is 13.2 Å². The first kappa shape index (κ1) is 12.8. The predicted octanol–water partition coefficient (Wildman–Crippen LogP) is 1.61. The molecule has 1 aromatic carbocycles. The molecule has 0 radical (unpaired) electrons. The van der Waals surface area contributed by atoms with Gasteiger partial charge in [0, 0.05) is 11.8 Å². The summed E-state index contributed by atoms with van der Waals surface area (Å²) < 4.78 is 4.69. The average Bonchev–Trinajstić information content (AvgIpc) is 2.37. The smallest absolute Gasteiger partial charge is 0.339 e. The molecular formula is C13H13N3O3. The van der Waals surface area contributed by atoms with E-state index in [1.54, 1.807) is 31.2 Å². The standard InChI is InChI=1S/C13H13N3O3/c1-8-7-11(17)16-13(14-8)15-10-6-4-3-5-9(10)12(18)19-2/h3-7H,1-2H3,(H2,14,15,16,17). The van der Waals surface area contributed by atoms with E-state index < -0.39 is 5.97 Å².